The van der Waals surface area contributed by atoms with Crippen molar-refractivity contribution in [2.45, 2.75) is 38.2 Å². The number of piperidine rings is 1. The zero-order chi connectivity index (χ0) is 21.9. The first-order valence-corrected chi connectivity index (χ1v) is 9.04. The maximum atomic E-state index is 13.2. The molecule has 1 aromatic carbocycles. The summed E-state index contributed by atoms with van der Waals surface area (Å²) in [4.78, 5) is 5.28. The largest absolute Gasteiger partial charge is 0.407 e. The van der Waals surface area contributed by atoms with Gasteiger partial charge in [0.25, 0.3) is 0 Å². The minimum Gasteiger partial charge on any atom is -0.406 e. The molecule has 1 aliphatic heterocycles. The summed E-state index contributed by atoms with van der Waals surface area (Å²) in [7, 11) is 0. The molecule has 0 unspecified atom stereocenters. The first-order valence-electron chi connectivity index (χ1n) is 9.04. The number of benzene rings is 1. The second kappa shape index (κ2) is 8.41. The van der Waals surface area contributed by atoms with Crippen LogP contribution in [-0.2, 0) is 12.7 Å². The number of anilines is 2. The fourth-order valence-corrected chi connectivity index (χ4v) is 3.19. The average molecular weight is 433 g/mol. The van der Waals surface area contributed by atoms with Gasteiger partial charge in [-0.15, -0.1) is 5.10 Å². The fourth-order valence-electron chi connectivity index (χ4n) is 3.19. The van der Waals surface area contributed by atoms with Crippen LogP contribution in [0.25, 0.3) is 4.85 Å². The number of hydrogen-bond acceptors (Lipinski definition) is 5. The molecule has 0 saturated carbocycles. The highest BCUT2D eigenvalue weighted by molar-refractivity contribution is 5.62. The number of rotatable bonds is 5. The molecule has 6 nitrogen and oxygen atoms in total. The van der Waals surface area contributed by atoms with E-state index < -0.39 is 36.7 Å². The molecular weight excluding hydrogens is 416 g/mol. The maximum Gasteiger partial charge on any atom is 0.407 e. The fraction of sp³-hybridized carbons (Fsp3) is 0.500. The third-order valence-corrected chi connectivity index (χ3v) is 4.55. The van der Waals surface area contributed by atoms with Crippen molar-refractivity contribution >= 4 is 17.4 Å². The van der Waals surface area contributed by atoms with E-state index in [0.717, 1.165) is 31.4 Å². The molecule has 0 aliphatic carbocycles. The van der Waals surface area contributed by atoms with Crippen molar-refractivity contribution in [3.05, 3.63) is 41.1 Å². The van der Waals surface area contributed by atoms with E-state index in [-0.39, 0.29) is 17.6 Å². The monoisotopic (exact) mass is 433 g/mol. The predicted molar refractivity (Wildman–Crippen MR) is 95.2 cm³/mol. The highest BCUT2D eigenvalue weighted by Gasteiger charge is 2.36. The quantitative estimate of drug-likeness (QED) is 0.479. The van der Waals surface area contributed by atoms with Gasteiger partial charge in [0.2, 0.25) is 5.89 Å². The van der Waals surface area contributed by atoms with Gasteiger partial charge in [-0.3, -0.25) is 0 Å². The number of hydrogen-bond donors (Lipinski definition) is 0. The summed E-state index contributed by atoms with van der Waals surface area (Å²) in [5.41, 5.74) is -2.35. The highest BCUT2D eigenvalue weighted by Crippen LogP contribution is 2.39. The Kier molecular flexibility index (Phi) is 6.09. The van der Waals surface area contributed by atoms with E-state index in [4.69, 9.17) is 11.0 Å². The van der Waals surface area contributed by atoms with Gasteiger partial charge in [-0.1, -0.05) is 11.2 Å². The second-order valence-electron chi connectivity index (χ2n) is 6.81. The first kappa shape index (κ1) is 21.7. The van der Waals surface area contributed by atoms with Gasteiger partial charge in [0.1, 0.15) is 6.54 Å². The van der Waals surface area contributed by atoms with Gasteiger partial charge in [-0.2, -0.15) is 26.3 Å². The Morgan fingerprint density at radius 3 is 2.37 bits per heavy atom. The third kappa shape index (κ3) is 5.34. The Hall–Kier alpha value is -2.97. The molecule has 3 rings (SSSR count). The van der Waals surface area contributed by atoms with Crippen LogP contribution < -0.4 is 9.80 Å². The lowest BCUT2D eigenvalue weighted by molar-refractivity contribution is -0.136. The summed E-state index contributed by atoms with van der Waals surface area (Å²) in [6, 6.07) is 2.59. The molecule has 0 radical (unpaired) electrons. The lowest BCUT2D eigenvalue weighted by Crippen LogP contribution is -2.34. The molecule has 2 heterocycles. The van der Waals surface area contributed by atoms with Crippen LogP contribution in [-0.4, -0.2) is 36.0 Å². The Bertz CT molecular complexity index is 911. The van der Waals surface area contributed by atoms with E-state index in [1.807, 2.05) is 4.90 Å². The van der Waals surface area contributed by atoms with Gasteiger partial charge in [-0.05, 0) is 31.4 Å². The average Bonchev–Trinajstić information content (AvgIpc) is 3.14. The Morgan fingerprint density at radius 2 is 1.77 bits per heavy atom. The van der Waals surface area contributed by atoms with Crippen molar-refractivity contribution < 1.29 is 30.8 Å². The van der Waals surface area contributed by atoms with Gasteiger partial charge >= 0.3 is 18.4 Å². The standard InChI is InChI=1S/C18H17F6N5O/c1-25-14-6-5-12(9-13(14)18(22,23)24)29(11-17(19,20)21)10-15-26-27-16(30-15)28-7-3-2-4-8-28/h5-6,9H,2-4,7-8,10-11H2. The lowest BCUT2D eigenvalue weighted by atomic mass is 10.1. The molecule has 1 aliphatic rings. The van der Waals surface area contributed by atoms with Crippen LogP contribution in [0.3, 0.4) is 0 Å². The number of halogens is 6. The zero-order valence-corrected chi connectivity index (χ0v) is 15.6. The van der Waals surface area contributed by atoms with Crippen LogP contribution in [0.15, 0.2) is 22.6 Å². The molecule has 12 heteroatoms. The molecule has 162 valence electrons. The van der Waals surface area contributed by atoms with Crippen molar-refractivity contribution in [1.82, 2.24) is 10.2 Å². The number of alkyl halides is 6. The van der Waals surface area contributed by atoms with Crippen molar-refractivity contribution in [2.75, 3.05) is 29.4 Å². The van der Waals surface area contributed by atoms with Crippen molar-refractivity contribution in [2.24, 2.45) is 0 Å². The van der Waals surface area contributed by atoms with E-state index in [9.17, 15) is 26.3 Å². The van der Waals surface area contributed by atoms with E-state index in [1.165, 1.54) is 0 Å². The molecule has 0 atom stereocenters. The molecule has 30 heavy (non-hydrogen) atoms. The summed E-state index contributed by atoms with van der Waals surface area (Å²) in [5, 5.41) is 7.60. The topological polar surface area (TPSA) is 49.8 Å². The Morgan fingerprint density at radius 1 is 1.07 bits per heavy atom. The summed E-state index contributed by atoms with van der Waals surface area (Å²) < 4.78 is 84.4. The molecule has 2 aromatic rings. The zero-order valence-electron chi connectivity index (χ0n) is 15.6. The van der Waals surface area contributed by atoms with Crippen LogP contribution in [0, 0.1) is 6.57 Å². The Labute approximate surface area is 167 Å². The Balaban J connectivity index is 1.89. The van der Waals surface area contributed by atoms with Gasteiger partial charge in [-0.25, -0.2) is 4.85 Å². The molecule has 0 amide bonds. The molecule has 1 fully saturated rings. The smallest absolute Gasteiger partial charge is 0.406 e. The third-order valence-electron chi connectivity index (χ3n) is 4.55. The first-order chi connectivity index (χ1) is 14.1. The summed E-state index contributed by atoms with van der Waals surface area (Å²) in [6.45, 7) is 6.16. The van der Waals surface area contributed by atoms with E-state index >= 15 is 0 Å². The van der Waals surface area contributed by atoms with E-state index in [1.54, 1.807) is 0 Å². The molecule has 0 spiro atoms. The molecule has 1 aromatic heterocycles. The highest BCUT2D eigenvalue weighted by atomic mass is 19.4. The summed E-state index contributed by atoms with van der Waals surface area (Å²) >= 11 is 0. The van der Waals surface area contributed by atoms with Crippen LogP contribution >= 0.6 is 0 Å². The van der Waals surface area contributed by atoms with Crippen LogP contribution in [0.1, 0.15) is 30.7 Å². The van der Waals surface area contributed by atoms with Gasteiger partial charge in [0.05, 0.1) is 18.7 Å². The normalized spacial score (nSPS) is 15.2. The number of aromatic nitrogens is 2. The second-order valence-corrected chi connectivity index (χ2v) is 6.81. The van der Waals surface area contributed by atoms with Gasteiger partial charge in [0.15, 0.2) is 5.69 Å². The van der Waals surface area contributed by atoms with Crippen LogP contribution in [0.5, 0.6) is 0 Å². The lowest BCUT2D eigenvalue weighted by Gasteiger charge is -2.26. The summed E-state index contributed by atoms with van der Waals surface area (Å²) in [6.07, 6.45) is -6.67. The van der Waals surface area contributed by atoms with Crippen molar-refractivity contribution in [1.29, 1.82) is 0 Å². The molecule has 0 bridgehead atoms. The SMILES string of the molecule is [C-]#[N+]c1ccc(N(Cc2nnc(N3CCCCC3)o2)CC(F)(F)F)cc1C(F)(F)F. The molecular formula is C18H17F6N5O. The van der Waals surface area contributed by atoms with Gasteiger partial charge in [0, 0.05) is 18.8 Å². The van der Waals surface area contributed by atoms with Crippen molar-refractivity contribution in [3.63, 3.8) is 0 Å². The maximum absolute atomic E-state index is 13.2. The van der Waals surface area contributed by atoms with E-state index in [0.29, 0.717) is 24.1 Å². The summed E-state index contributed by atoms with van der Waals surface area (Å²) in [5.74, 6) is -0.150. The minimum atomic E-state index is -4.88. The van der Waals surface area contributed by atoms with Crippen LogP contribution in [0.4, 0.5) is 43.7 Å². The predicted octanol–water partition coefficient (Wildman–Crippen LogP) is 5.20. The minimum absolute atomic E-state index is 0.150. The molecule has 1 saturated heterocycles. The molecule has 0 N–H and O–H groups in total. The number of nitrogens with zero attached hydrogens (tertiary/aromatic N) is 5. The van der Waals surface area contributed by atoms with E-state index in [2.05, 4.69) is 15.0 Å². The van der Waals surface area contributed by atoms with Gasteiger partial charge < -0.3 is 14.2 Å². The van der Waals surface area contributed by atoms with Crippen LogP contribution in [0.2, 0.25) is 0 Å². The van der Waals surface area contributed by atoms with Crippen molar-refractivity contribution in [3.8, 4) is 0 Å².